The maximum Gasteiger partial charge on any atom is 0.274 e. The Labute approximate surface area is 135 Å². The highest BCUT2D eigenvalue weighted by Crippen LogP contribution is 2.31. The van der Waals surface area contributed by atoms with Crippen LogP contribution < -0.4 is 15.2 Å². The van der Waals surface area contributed by atoms with Crippen LogP contribution in [0.5, 0.6) is 5.75 Å². The van der Waals surface area contributed by atoms with Crippen molar-refractivity contribution in [3.8, 4) is 5.75 Å². The lowest BCUT2D eigenvalue weighted by Gasteiger charge is -2.17. The van der Waals surface area contributed by atoms with Crippen molar-refractivity contribution >= 4 is 11.6 Å². The molecule has 5 heteroatoms. The molecule has 0 saturated carbocycles. The SMILES string of the molecule is CCn1cccc(N2CC(c3ccc(OC)cc3)CC2=O)c1=O. The molecular weight excluding hydrogens is 292 g/mol. The molecule has 5 nitrogen and oxygen atoms in total. The first kappa shape index (κ1) is 15.3. The number of ether oxygens (including phenoxy) is 1. The lowest BCUT2D eigenvalue weighted by molar-refractivity contribution is -0.117. The van der Waals surface area contributed by atoms with Gasteiger partial charge in [-0.3, -0.25) is 9.59 Å². The number of nitrogens with zero attached hydrogens (tertiary/aromatic N) is 2. The van der Waals surface area contributed by atoms with Crippen molar-refractivity contribution in [2.45, 2.75) is 25.8 Å². The Bertz CT molecular complexity index is 765. The van der Waals surface area contributed by atoms with Crippen LogP contribution in [0.25, 0.3) is 0 Å². The molecule has 0 bridgehead atoms. The van der Waals surface area contributed by atoms with Crippen LogP contribution in [0.1, 0.15) is 24.8 Å². The second-order valence-corrected chi connectivity index (χ2v) is 5.66. The molecule has 0 radical (unpaired) electrons. The number of methoxy groups -OCH3 is 1. The van der Waals surface area contributed by atoms with Gasteiger partial charge in [-0.15, -0.1) is 0 Å². The smallest absolute Gasteiger partial charge is 0.274 e. The Morgan fingerprint density at radius 2 is 1.91 bits per heavy atom. The van der Waals surface area contributed by atoms with E-state index in [1.165, 1.54) is 0 Å². The number of hydrogen-bond acceptors (Lipinski definition) is 3. The first-order valence-electron chi connectivity index (χ1n) is 7.77. The van der Waals surface area contributed by atoms with Crippen LogP contribution in [-0.2, 0) is 11.3 Å². The van der Waals surface area contributed by atoms with Gasteiger partial charge in [-0.1, -0.05) is 12.1 Å². The van der Waals surface area contributed by atoms with Crippen molar-refractivity contribution in [3.63, 3.8) is 0 Å². The zero-order chi connectivity index (χ0) is 16.4. The molecule has 0 aliphatic carbocycles. The summed E-state index contributed by atoms with van der Waals surface area (Å²) in [5.41, 5.74) is 1.45. The number of anilines is 1. The van der Waals surface area contributed by atoms with Gasteiger partial charge in [-0.05, 0) is 36.8 Å². The van der Waals surface area contributed by atoms with Crippen molar-refractivity contribution in [1.29, 1.82) is 0 Å². The number of amides is 1. The third kappa shape index (κ3) is 2.86. The number of pyridine rings is 1. The summed E-state index contributed by atoms with van der Waals surface area (Å²) in [4.78, 5) is 26.4. The average molecular weight is 312 g/mol. The number of aryl methyl sites for hydroxylation is 1. The summed E-state index contributed by atoms with van der Waals surface area (Å²) in [6.07, 6.45) is 2.17. The molecule has 1 saturated heterocycles. The van der Waals surface area contributed by atoms with Gasteiger partial charge in [0.25, 0.3) is 5.56 Å². The van der Waals surface area contributed by atoms with Gasteiger partial charge in [0.2, 0.25) is 5.91 Å². The van der Waals surface area contributed by atoms with Gasteiger partial charge in [-0.25, -0.2) is 0 Å². The molecule has 2 aromatic rings. The van der Waals surface area contributed by atoms with Gasteiger partial charge in [0.05, 0.1) is 7.11 Å². The van der Waals surface area contributed by atoms with E-state index in [-0.39, 0.29) is 17.4 Å². The van der Waals surface area contributed by atoms with E-state index in [0.717, 1.165) is 11.3 Å². The molecule has 0 spiro atoms. The summed E-state index contributed by atoms with van der Waals surface area (Å²) in [6, 6.07) is 11.3. The Hall–Kier alpha value is -2.56. The van der Waals surface area contributed by atoms with Gasteiger partial charge < -0.3 is 14.2 Å². The molecule has 1 atom stereocenters. The minimum absolute atomic E-state index is 0.00299. The maximum absolute atomic E-state index is 12.4. The third-order valence-electron chi connectivity index (χ3n) is 4.34. The fourth-order valence-electron chi connectivity index (χ4n) is 3.02. The predicted octanol–water partition coefficient (Wildman–Crippen LogP) is 2.40. The van der Waals surface area contributed by atoms with Crippen LogP contribution in [0.4, 0.5) is 5.69 Å². The molecule has 2 heterocycles. The van der Waals surface area contributed by atoms with Gasteiger partial charge in [0, 0.05) is 31.6 Å². The highest BCUT2D eigenvalue weighted by Gasteiger charge is 2.33. The molecular formula is C18H20N2O3. The minimum Gasteiger partial charge on any atom is -0.497 e. The second kappa shape index (κ2) is 6.28. The van der Waals surface area contributed by atoms with E-state index in [1.54, 1.807) is 28.8 Å². The minimum atomic E-state index is -0.112. The lowest BCUT2D eigenvalue weighted by Crippen LogP contribution is -2.32. The molecule has 1 fully saturated rings. The van der Waals surface area contributed by atoms with E-state index in [2.05, 4.69) is 0 Å². The van der Waals surface area contributed by atoms with Crippen molar-refractivity contribution < 1.29 is 9.53 Å². The fourth-order valence-corrected chi connectivity index (χ4v) is 3.02. The Kier molecular flexibility index (Phi) is 4.19. The average Bonchev–Trinajstić information content (AvgIpc) is 2.97. The van der Waals surface area contributed by atoms with Crippen LogP contribution in [0.15, 0.2) is 47.4 Å². The Morgan fingerprint density at radius 1 is 1.17 bits per heavy atom. The predicted molar refractivity (Wildman–Crippen MR) is 89.1 cm³/mol. The lowest BCUT2D eigenvalue weighted by atomic mass is 9.98. The molecule has 120 valence electrons. The highest BCUT2D eigenvalue weighted by atomic mass is 16.5. The molecule has 1 unspecified atom stereocenters. The zero-order valence-corrected chi connectivity index (χ0v) is 13.4. The normalized spacial score (nSPS) is 17.6. The topological polar surface area (TPSA) is 51.5 Å². The second-order valence-electron chi connectivity index (χ2n) is 5.66. The van der Waals surface area contributed by atoms with E-state index < -0.39 is 0 Å². The Morgan fingerprint density at radius 3 is 2.57 bits per heavy atom. The van der Waals surface area contributed by atoms with Gasteiger partial charge in [0.15, 0.2) is 0 Å². The van der Waals surface area contributed by atoms with Crippen LogP contribution in [0, 0.1) is 0 Å². The number of rotatable bonds is 4. The molecule has 1 aliphatic heterocycles. The number of carbonyl (C=O) groups excluding carboxylic acids is 1. The molecule has 1 aromatic heterocycles. The quantitative estimate of drug-likeness (QED) is 0.871. The molecule has 3 rings (SSSR count). The number of benzene rings is 1. The number of hydrogen-bond donors (Lipinski definition) is 0. The standard InChI is InChI=1S/C18H20N2O3/c1-3-19-10-4-5-16(18(19)22)20-12-14(11-17(20)21)13-6-8-15(23-2)9-7-13/h4-10,14H,3,11-12H2,1-2H3. The molecule has 1 amide bonds. The largest absolute Gasteiger partial charge is 0.497 e. The first-order chi connectivity index (χ1) is 11.1. The van der Waals surface area contributed by atoms with E-state index in [1.807, 2.05) is 37.3 Å². The van der Waals surface area contributed by atoms with Crippen molar-refractivity contribution in [3.05, 3.63) is 58.5 Å². The summed E-state index contributed by atoms with van der Waals surface area (Å²) in [5, 5.41) is 0. The highest BCUT2D eigenvalue weighted by molar-refractivity contribution is 5.96. The third-order valence-corrected chi connectivity index (χ3v) is 4.34. The number of aromatic nitrogens is 1. The molecule has 0 N–H and O–H groups in total. The van der Waals surface area contributed by atoms with Crippen molar-refractivity contribution in [2.24, 2.45) is 0 Å². The molecule has 23 heavy (non-hydrogen) atoms. The van der Waals surface area contributed by atoms with Gasteiger partial charge >= 0.3 is 0 Å². The number of carbonyl (C=O) groups is 1. The summed E-state index contributed by atoms with van der Waals surface area (Å²) < 4.78 is 6.78. The summed E-state index contributed by atoms with van der Waals surface area (Å²) in [5.74, 6) is 0.892. The van der Waals surface area contributed by atoms with E-state index >= 15 is 0 Å². The van der Waals surface area contributed by atoms with E-state index in [4.69, 9.17) is 4.74 Å². The van der Waals surface area contributed by atoms with Crippen molar-refractivity contribution in [2.75, 3.05) is 18.6 Å². The van der Waals surface area contributed by atoms with Gasteiger partial charge in [-0.2, -0.15) is 0 Å². The van der Waals surface area contributed by atoms with Crippen molar-refractivity contribution in [1.82, 2.24) is 4.57 Å². The van der Waals surface area contributed by atoms with Gasteiger partial charge in [0.1, 0.15) is 11.4 Å². The molecule has 1 aliphatic rings. The maximum atomic E-state index is 12.4. The fraction of sp³-hybridized carbons (Fsp3) is 0.333. The van der Waals surface area contributed by atoms with Crippen LogP contribution in [0.2, 0.25) is 0 Å². The van der Waals surface area contributed by atoms with Crippen LogP contribution in [0.3, 0.4) is 0 Å². The zero-order valence-electron chi connectivity index (χ0n) is 13.4. The molecule has 1 aromatic carbocycles. The monoisotopic (exact) mass is 312 g/mol. The van der Waals surface area contributed by atoms with Crippen LogP contribution in [-0.4, -0.2) is 24.1 Å². The Balaban J connectivity index is 1.86. The first-order valence-corrected chi connectivity index (χ1v) is 7.77. The van der Waals surface area contributed by atoms with E-state index in [0.29, 0.717) is 25.2 Å². The summed E-state index contributed by atoms with van der Waals surface area (Å²) >= 11 is 0. The summed E-state index contributed by atoms with van der Waals surface area (Å²) in [6.45, 7) is 3.04. The summed E-state index contributed by atoms with van der Waals surface area (Å²) in [7, 11) is 1.63. The van der Waals surface area contributed by atoms with E-state index in [9.17, 15) is 9.59 Å². The van der Waals surface area contributed by atoms with Crippen LogP contribution >= 0.6 is 0 Å².